The molecule has 5 heteroatoms. The first-order chi connectivity index (χ1) is 8.03. The highest BCUT2D eigenvalue weighted by Crippen LogP contribution is 2.47. The van der Waals surface area contributed by atoms with E-state index in [0.717, 1.165) is 0 Å². The molecule has 0 bridgehead atoms. The fraction of sp³-hybridized carbons (Fsp3) is 0.417. The van der Waals surface area contributed by atoms with Gasteiger partial charge in [-0.2, -0.15) is 0 Å². The lowest BCUT2D eigenvalue weighted by Gasteiger charge is -2.30. The third-order valence-corrected chi connectivity index (χ3v) is 3.65. The summed E-state index contributed by atoms with van der Waals surface area (Å²) >= 11 is 0. The van der Waals surface area contributed by atoms with Crippen LogP contribution in [0.4, 0.5) is 4.79 Å². The van der Waals surface area contributed by atoms with Gasteiger partial charge in [-0.1, -0.05) is 12.2 Å². The van der Waals surface area contributed by atoms with Gasteiger partial charge < -0.3 is 0 Å². The molecular formula is C12H14N2O3. The van der Waals surface area contributed by atoms with E-state index >= 15 is 0 Å². The minimum atomic E-state index is -1.15. The lowest BCUT2D eigenvalue weighted by atomic mass is 9.81. The predicted molar refractivity (Wildman–Crippen MR) is 60.7 cm³/mol. The molecule has 0 aromatic carbocycles. The summed E-state index contributed by atoms with van der Waals surface area (Å²) in [6, 6.07) is -0.747. The molecule has 1 heterocycles. The Morgan fingerprint density at radius 1 is 1.00 bits per heavy atom. The van der Waals surface area contributed by atoms with Crippen molar-refractivity contribution >= 4 is 17.8 Å². The number of hydrogen-bond donors (Lipinski definition) is 2. The maximum absolute atomic E-state index is 11.9. The number of hydrogen-bond acceptors (Lipinski definition) is 3. The maximum Gasteiger partial charge on any atom is 0.328 e. The van der Waals surface area contributed by atoms with Crippen LogP contribution in [-0.2, 0) is 9.59 Å². The lowest BCUT2D eigenvalue weighted by molar-refractivity contribution is -0.144. The fourth-order valence-corrected chi connectivity index (χ4v) is 2.66. The minimum Gasteiger partial charge on any atom is -0.277 e. The van der Waals surface area contributed by atoms with E-state index in [9.17, 15) is 14.4 Å². The molecule has 1 aliphatic carbocycles. The number of carbonyl (C=O) groups is 3. The molecule has 1 spiro atoms. The van der Waals surface area contributed by atoms with E-state index in [-0.39, 0.29) is 11.8 Å². The molecule has 0 aromatic rings. The lowest BCUT2D eigenvalue weighted by Crippen LogP contribution is -2.61. The molecule has 1 saturated carbocycles. The first-order valence-corrected chi connectivity index (χ1v) is 5.45. The zero-order valence-electron chi connectivity index (χ0n) is 9.36. The van der Waals surface area contributed by atoms with Crippen LogP contribution in [0.25, 0.3) is 0 Å². The van der Waals surface area contributed by atoms with Crippen LogP contribution in [0.1, 0.15) is 12.8 Å². The molecule has 17 heavy (non-hydrogen) atoms. The van der Waals surface area contributed by atoms with Gasteiger partial charge in [-0.25, -0.2) is 4.79 Å². The van der Waals surface area contributed by atoms with Gasteiger partial charge in [-0.3, -0.25) is 20.2 Å². The Bertz CT molecular complexity index is 389. The van der Waals surface area contributed by atoms with E-state index in [0.29, 0.717) is 12.8 Å². The highest BCUT2D eigenvalue weighted by molar-refractivity contribution is 6.19. The second-order valence-corrected chi connectivity index (χ2v) is 4.53. The monoisotopic (exact) mass is 234 g/mol. The van der Waals surface area contributed by atoms with Gasteiger partial charge in [-0.15, -0.1) is 13.2 Å². The van der Waals surface area contributed by atoms with Crippen LogP contribution in [-0.4, -0.2) is 17.8 Å². The molecule has 0 radical (unpaired) electrons. The summed E-state index contributed by atoms with van der Waals surface area (Å²) in [6.45, 7) is 7.41. The molecule has 2 atom stereocenters. The van der Waals surface area contributed by atoms with Gasteiger partial charge in [0.15, 0.2) is 0 Å². The third-order valence-electron chi connectivity index (χ3n) is 3.65. The topological polar surface area (TPSA) is 75.3 Å². The first-order valence-electron chi connectivity index (χ1n) is 5.45. The summed E-state index contributed by atoms with van der Waals surface area (Å²) in [6.07, 6.45) is 4.21. The standard InChI is InChI=1S/C12H14N2O3/c1-3-7-5-12(6-8(7)4-2)9(15)13-11(17)14-10(12)16/h3-4,7-8H,1-2,5-6H2,(H2,13,14,15,16,17). The van der Waals surface area contributed by atoms with Gasteiger partial charge in [0.25, 0.3) is 0 Å². The summed E-state index contributed by atoms with van der Waals surface area (Å²) in [5.41, 5.74) is -1.15. The first kappa shape index (κ1) is 11.6. The van der Waals surface area contributed by atoms with Gasteiger partial charge in [-0.05, 0) is 24.7 Å². The Morgan fingerprint density at radius 2 is 1.41 bits per heavy atom. The Kier molecular flexibility index (Phi) is 2.61. The number of rotatable bonds is 2. The second kappa shape index (κ2) is 3.84. The van der Waals surface area contributed by atoms with Crippen LogP contribution >= 0.6 is 0 Å². The molecule has 5 nitrogen and oxygen atoms in total. The number of amides is 4. The van der Waals surface area contributed by atoms with E-state index in [1.807, 2.05) is 0 Å². The number of urea groups is 1. The second-order valence-electron chi connectivity index (χ2n) is 4.53. The van der Waals surface area contributed by atoms with Gasteiger partial charge in [0.1, 0.15) is 5.41 Å². The third kappa shape index (κ3) is 1.58. The number of allylic oxidation sites excluding steroid dienone is 2. The van der Waals surface area contributed by atoms with E-state index in [2.05, 4.69) is 23.8 Å². The Balaban J connectivity index is 2.34. The van der Waals surface area contributed by atoms with E-state index < -0.39 is 23.3 Å². The van der Waals surface area contributed by atoms with Crippen molar-refractivity contribution < 1.29 is 14.4 Å². The molecule has 1 saturated heterocycles. The summed E-state index contributed by atoms with van der Waals surface area (Å²) in [7, 11) is 0. The molecule has 2 fully saturated rings. The normalized spacial score (nSPS) is 30.9. The van der Waals surface area contributed by atoms with Crippen LogP contribution in [0.3, 0.4) is 0 Å². The van der Waals surface area contributed by atoms with Crippen LogP contribution in [0.2, 0.25) is 0 Å². The van der Waals surface area contributed by atoms with Crippen molar-refractivity contribution in [3.05, 3.63) is 25.3 Å². The van der Waals surface area contributed by atoms with Crippen molar-refractivity contribution in [3.63, 3.8) is 0 Å². The molecule has 2 aliphatic rings. The highest BCUT2D eigenvalue weighted by Gasteiger charge is 2.56. The van der Waals surface area contributed by atoms with Crippen molar-refractivity contribution in [2.45, 2.75) is 12.8 Å². The molecule has 2 N–H and O–H groups in total. The summed E-state index contributed by atoms with van der Waals surface area (Å²) in [5.74, 6) is -0.945. The van der Waals surface area contributed by atoms with Gasteiger partial charge in [0, 0.05) is 0 Å². The Morgan fingerprint density at radius 3 is 1.76 bits per heavy atom. The fourth-order valence-electron chi connectivity index (χ4n) is 2.66. The zero-order chi connectivity index (χ0) is 12.6. The maximum atomic E-state index is 11.9. The average Bonchev–Trinajstić information content (AvgIpc) is 2.66. The number of barbiturate groups is 1. The summed E-state index contributed by atoms with van der Waals surface area (Å²) in [4.78, 5) is 34.8. The van der Waals surface area contributed by atoms with Crippen LogP contribution in [0, 0.1) is 17.3 Å². The molecular weight excluding hydrogens is 220 g/mol. The van der Waals surface area contributed by atoms with E-state index in [1.54, 1.807) is 12.2 Å². The van der Waals surface area contributed by atoms with Crippen molar-refractivity contribution in [1.29, 1.82) is 0 Å². The van der Waals surface area contributed by atoms with Crippen molar-refractivity contribution in [2.75, 3.05) is 0 Å². The van der Waals surface area contributed by atoms with E-state index in [4.69, 9.17) is 0 Å². The van der Waals surface area contributed by atoms with Crippen LogP contribution < -0.4 is 10.6 Å². The summed E-state index contributed by atoms with van der Waals surface area (Å²) < 4.78 is 0. The quantitative estimate of drug-likeness (QED) is 0.546. The largest absolute Gasteiger partial charge is 0.328 e. The van der Waals surface area contributed by atoms with Gasteiger partial charge in [0.05, 0.1) is 0 Å². The highest BCUT2D eigenvalue weighted by atomic mass is 16.2. The average molecular weight is 234 g/mol. The number of carbonyl (C=O) groups excluding carboxylic acids is 3. The molecule has 2 rings (SSSR count). The van der Waals surface area contributed by atoms with Gasteiger partial charge >= 0.3 is 6.03 Å². The Labute approximate surface area is 98.9 Å². The van der Waals surface area contributed by atoms with Crippen molar-refractivity contribution in [2.24, 2.45) is 17.3 Å². The van der Waals surface area contributed by atoms with Gasteiger partial charge in [0.2, 0.25) is 11.8 Å². The van der Waals surface area contributed by atoms with Crippen molar-refractivity contribution in [1.82, 2.24) is 10.6 Å². The van der Waals surface area contributed by atoms with Crippen LogP contribution in [0.5, 0.6) is 0 Å². The number of imide groups is 2. The number of nitrogens with one attached hydrogen (secondary N) is 2. The zero-order valence-corrected chi connectivity index (χ0v) is 9.36. The predicted octanol–water partition coefficient (Wildman–Crippen LogP) is 0.737. The molecule has 0 aromatic heterocycles. The molecule has 4 amide bonds. The molecule has 90 valence electrons. The summed E-state index contributed by atoms with van der Waals surface area (Å²) in [5, 5.41) is 4.31. The molecule has 2 unspecified atom stereocenters. The molecule has 1 aliphatic heterocycles. The minimum absolute atomic E-state index is 0.0391. The Hall–Kier alpha value is -1.91. The van der Waals surface area contributed by atoms with Crippen molar-refractivity contribution in [3.8, 4) is 0 Å². The SMILES string of the molecule is C=CC1CC2(CC1C=C)C(=O)NC(=O)NC2=O. The van der Waals surface area contributed by atoms with Crippen LogP contribution in [0.15, 0.2) is 25.3 Å². The van der Waals surface area contributed by atoms with E-state index in [1.165, 1.54) is 0 Å². The smallest absolute Gasteiger partial charge is 0.277 e.